The SMILES string of the molecule is Br.COc1c(N2CCCC2)cc(C(=O)CN2Cc3ccc(C4CC4)nc3C2=N)cc1C(C)(C)C. The number of rotatable bonds is 6. The molecule has 2 fully saturated rings. The van der Waals surface area contributed by atoms with Crippen molar-refractivity contribution >= 4 is 34.3 Å². The number of pyridine rings is 1. The zero-order valence-corrected chi connectivity index (χ0v) is 22.3. The monoisotopic (exact) mass is 526 g/mol. The van der Waals surface area contributed by atoms with Crippen LogP contribution in [0.3, 0.4) is 0 Å². The highest BCUT2D eigenvalue weighted by molar-refractivity contribution is 8.93. The molecule has 1 aromatic heterocycles. The molecule has 34 heavy (non-hydrogen) atoms. The number of hydrogen-bond donors (Lipinski definition) is 1. The molecule has 0 atom stereocenters. The van der Waals surface area contributed by atoms with Gasteiger partial charge in [0.1, 0.15) is 17.3 Å². The van der Waals surface area contributed by atoms with E-state index in [-0.39, 0.29) is 34.7 Å². The number of nitrogens with one attached hydrogen (secondary N) is 1. The highest BCUT2D eigenvalue weighted by Crippen LogP contribution is 2.42. The number of benzene rings is 1. The minimum atomic E-state index is -0.157. The number of aromatic nitrogens is 1. The Labute approximate surface area is 213 Å². The van der Waals surface area contributed by atoms with Gasteiger partial charge in [-0.05, 0) is 49.3 Å². The molecular weight excluding hydrogens is 492 g/mol. The van der Waals surface area contributed by atoms with Crippen molar-refractivity contribution in [3.05, 3.63) is 52.3 Å². The molecule has 0 spiro atoms. The summed E-state index contributed by atoms with van der Waals surface area (Å²) in [7, 11) is 1.72. The number of ketones is 1. The normalized spacial score (nSPS) is 17.6. The first-order valence-corrected chi connectivity index (χ1v) is 12.1. The first kappa shape index (κ1) is 24.7. The molecule has 1 aromatic carbocycles. The van der Waals surface area contributed by atoms with E-state index in [1.165, 1.54) is 12.8 Å². The molecule has 0 radical (unpaired) electrons. The standard InChI is InChI=1S/C27H34N4O2.BrH/c1-27(2,3)20-13-19(14-22(25(20)33-4)30-11-5-6-12-30)23(32)16-31-15-18-9-10-21(17-7-8-17)29-24(18)26(31)28;/h9-10,13-14,17,28H,5-8,11-12,15-16H2,1-4H3;1H. The van der Waals surface area contributed by atoms with Crippen LogP contribution < -0.4 is 9.64 Å². The summed E-state index contributed by atoms with van der Waals surface area (Å²) in [4.78, 5) is 22.5. The minimum absolute atomic E-state index is 0. The number of methoxy groups -OCH3 is 1. The average molecular weight is 528 g/mol. The van der Waals surface area contributed by atoms with Gasteiger partial charge in [-0.1, -0.05) is 26.8 Å². The summed E-state index contributed by atoms with van der Waals surface area (Å²) in [5.41, 5.74) is 5.48. The molecule has 5 rings (SSSR count). The first-order valence-electron chi connectivity index (χ1n) is 12.1. The van der Waals surface area contributed by atoms with Crippen LogP contribution in [-0.4, -0.2) is 48.2 Å². The van der Waals surface area contributed by atoms with Gasteiger partial charge in [0.2, 0.25) is 0 Å². The molecule has 1 N–H and O–H groups in total. The van der Waals surface area contributed by atoms with Crippen molar-refractivity contribution in [2.24, 2.45) is 0 Å². The zero-order valence-electron chi connectivity index (χ0n) is 20.6. The van der Waals surface area contributed by atoms with E-state index in [0.717, 1.165) is 59.9 Å². The predicted octanol–water partition coefficient (Wildman–Crippen LogP) is 5.47. The van der Waals surface area contributed by atoms with E-state index in [1.54, 1.807) is 7.11 Å². The fourth-order valence-electron chi connectivity index (χ4n) is 5.02. The highest BCUT2D eigenvalue weighted by Gasteiger charge is 2.32. The van der Waals surface area contributed by atoms with E-state index >= 15 is 0 Å². The number of anilines is 1. The summed E-state index contributed by atoms with van der Waals surface area (Å²) in [5.74, 6) is 1.82. The van der Waals surface area contributed by atoms with E-state index < -0.39 is 0 Å². The molecule has 1 saturated carbocycles. The van der Waals surface area contributed by atoms with E-state index in [2.05, 4.69) is 37.8 Å². The van der Waals surface area contributed by atoms with Gasteiger partial charge in [-0.3, -0.25) is 10.2 Å². The van der Waals surface area contributed by atoms with Gasteiger partial charge in [-0.15, -0.1) is 17.0 Å². The lowest BCUT2D eigenvalue weighted by Crippen LogP contribution is -2.31. The zero-order chi connectivity index (χ0) is 23.3. The Kier molecular flexibility index (Phi) is 6.78. The average Bonchev–Trinajstić information content (AvgIpc) is 3.40. The summed E-state index contributed by atoms with van der Waals surface area (Å²) in [6.07, 6.45) is 4.69. The van der Waals surface area contributed by atoms with Crippen molar-refractivity contribution in [3.63, 3.8) is 0 Å². The molecule has 0 amide bonds. The topological polar surface area (TPSA) is 69.5 Å². The van der Waals surface area contributed by atoms with Crippen LogP contribution in [0, 0.1) is 5.41 Å². The third-order valence-corrected chi connectivity index (χ3v) is 7.08. The van der Waals surface area contributed by atoms with Crippen LogP contribution in [-0.2, 0) is 12.0 Å². The fraction of sp³-hybridized carbons (Fsp3) is 0.519. The van der Waals surface area contributed by atoms with E-state index in [4.69, 9.17) is 15.1 Å². The Hall–Kier alpha value is -2.41. The maximum atomic E-state index is 13.5. The Morgan fingerprint density at radius 1 is 1.18 bits per heavy atom. The Morgan fingerprint density at radius 2 is 1.88 bits per heavy atom. The number of halogens is 1. The van der Waals surface area contributed by atoms with Crippen molar-refractivity contribution in [2.45, 2.75) is 64.3 Å². The molecule has 6 nitrogen and oxygen atoms in total. The lowest BCUT2D eigenvalue weighted by atomic mass is 9.84. The van der Waals surface area contributed by atoms with Crippen LogP contribution >= 0.6 is 17.0 Å². The molecule has 3 heterocycles. The second kappa shape index (κ2) is 9.33. The summed E-state index contributed by atoms with van der Waals surface area (Å²) in [6.45, 7) is 9.19. The summed E-state index contributed by atoms with van der Waals surface area (Å²) in [6, 6.07) is 8.18. The number of hydrogen-bond acceptors (Lipinski definition) is 5. The van der Waals surface area contributed by atoms with Crippen molar-refractivity contribution in [3.8, 4) is 5.75 Å². The van der Waals surface area contributed by atoms with Gasteiger partial charge < -0.3 is 14.5 Å². The van der Waals surface area contributed by atoms with Crippen LogP contribution in [0.5, 0.6) is 5.75 Å². The third kappa shape index (κ3) is 4.59. The number of Topliss-reactive ketones (excluding diaryl/α,β-unsaturated/α-hetero) is 1. The molecule has 2 aliphatic heterocycles. The number of amidine groups is 1. The molecule has 3 aliphatic rings. The second-order valence-corrected chi connectivity index (χ2v) is 10.7. The number of carbonyl (C=O) groups is 1. The van der Waals surface area contributed by atoms with E-state index in [9.17, 15) is 4.79 Å². The molecule has 1 aliphatic carbocycles. The fourth-order valence-corrected chi connectivity index (χ4v) is 5.02. The summed E-state index contributed by atoms with van der Waals surface area (Å²) >= 11 is 0. The van der Waals surface area contributed by atoms with Crippen LogP contribution in [0.2, 0.25) is 0 Å². The Balaban J connectivity index is 0.00000274. The largest absolute Gasteiger partial charge is 0.494 e. The number of nitrogens with zero attached hydrogens (tertiary/aromatic N) is 3. The van der Waals surface area contributed by atoms with Gasteiger partial charge in [-0.2, -0.15) is 0 Å². The Bertz CT molecular complexity index is 1110. The van der Waals surface area contributed by atoms with Crippen molar-refractivity contribution < 1.29 is 9.53 Å². The molecule has 1 saturated heterocycles. The molecular formula is C27H35BrN4O2. The molecule has 7 heteroatoms. The van der Waals surface area contributed by atoms with Crippen molar-refractivity contribution in [1.29, 1.82) is 5.41 Å². The van der Waals surface area contributed by atoms with E-state index in [1.807, 2.05) is 17.0 Å². The van der Waals surface area contributed by atoms with Crippen LogP contribution in [0.1, 0.15) is 85.2 Å². The molecule has 2 aromatic rings. The summed E-state index contributed by atoms with van der Waals surface area (Å²) in [5, 5.41) is 8.67. The summed E-state index contributed by atoms with van der Waals surface area (Å²) < 4.78 is 5.87. The highest BCUT2D eigenvalue weighted by atomic mass is 79.9. The van der Waals surface area contributed by atoms with Gasteiger partial charge in [0.15, 0.2) is 5.78 Å². The second-order valence-electron chi connectivity index (χ2n) is 10.7. The van der Waals surface area contributed by atoms with Gasteiger partial charge in [0.25, 0.3) is 0 Å². The predicted molar refractivity (Wildman–Crippen MR) is 141 cm³/mol. The minimum Gasteiger partial charge on any atom is -0.494 e. The molecule has 0 unspecified atom stereocenters. The van der Waals surface area contributed by atoms with Gasteiger partial charge >= 0.3 is 0 Å². The maximum absolute atomic E-state index is 13.5. The number of fused-ring (bicyclic) bond motifs is 1. The van der Waals surface area contributed by atoms with Crippen molar-refractivity contribution in [1.82, 2.24) is 9.88 Å². The quantitative estimate of drug-likeness (QED) is 0.505. The van der Waals surface area contributed by atoms with Crippen LogP contribution in [0.15, 0.2) is 24.3 Å². The molecule has 0 bridgehead atoms. The van der Waals surface area contributed by atoms with Gasteiger partial charge in [0.05, 0.1) is 19.3 Å². The first-order chi connectivity index (χ1) is 15.8. The Morgan fingerprint density at radius 3 is 2.50 bits per heavy atom. The van der Waals surface area contributed by atoms with Gasteiger partial charge in [0, 0.05) is 47.9 Å². The third-order valence-electron chi connectivity index (χ3n) is 7.08. The van der Waals surface area contributed by atoms with Gasteiger partial charge in [-0.25, -0.2) is 4.98 Å². The van der Waals surface area contributed by atoms with Crippen LogP contribution in [0.25, 0.3) is 0 Å². The van der Waals surface area contributed by atoms with Crippen LogP contribution in [0.4, 0.5) is 5.69 Å². The lowest BCUT2D eigenvalue weighted by Gasteiger charge is -2.29. The molecule has 182 valence electrons. The maximum Gasteiger partial charge on any atom is 0.182 e. The number of ether oxygens (including phenoxy) is 1. The van der Waals surface area contributed by atoms with E-state index in [0.29, 0.717) is 23.9 Å². The lowest BCUT2D eigenvalue weighted by molar-refractivity contribution is 0.0962. The number of carbonyl (C=O) groups excluding carboxylic acids is 1. The van der Waals surface area contributed by atoms with Crippen molar-refractivity contribution in [2.75, 3.05) is 31.6 Å². The smallest absolute Gasteiger partial charge is 0.182 e.